The molecule has 2 aromatic carbocycles. The summed E-state index contributed by atoms with van der Waals surface area (Å²) < 4.78 is 22.6. The van der Waals surface area contributed by atoms with E-state index in [2.05, 4.69) is 20.8 Å². The average Bonchev–Trinajstić information content (AvgIpc) is 2.86. The highest BCUT2D eigenvalue weighted by Crippen LogP contribution is 2.18. The first-order valence-electron chi connectivity index (χ1n) is 12.9. The maximum absolute atomic E-state index is 12.4. The fraction of sp³-hybridized carbons (Fsp3) is 0.552. The molecule has 0 aromatic heterocycles. The second kappa shape index (κ2) is 17.1. The quantitative estimate of drug-likeness (QED) is 0.0966. The van der Waals surface area contributed by atoms with Gasteiger partial charge >= 0.3 is 5.97 Å². The first kappa shape index (κ1) is 27.9. The van der Waals surface area contributed by atoms with Gasteiger partial charge in [0.25, 0.3) is 0 Å². The van der Waals surface area contributed by atoms with Gasteiger partial charge in [0.05, 0.1) is 24.9 Å². The molecule has 0 spiro atoms. The van der Waals surface area contributed by atoms with Crippen LogP contribution in [0.1, 0.15) is 94.5 Å². The summed E-state index contributed by atoms with van der Waals surface area (Å²) in [6.07, 6.45) is 10.9. The van der Waals surface area contributed by atoms with E-state index < -0.39 is 0 Å². The van der Waals surface area contributed by atoms with Crippen molar-refractivity contribution >= 4 is 5.97 Å². The number of benzene rings is 2. The highest BCUT2D eigenvalue weighted by Gasteiger charge is 2.09. The minimum Gasteiger partial charge on any atom is -0.494 e. The molecule has 0 saturated heterocycles. The maximum atomic E-state index is 12.4. The maximum Gasteiger partial charge on any atom is 0.343 e. The lowest BCUT2D eigenvalue weighted by molar-refractivity contribution is -0.0926. The Morgan fingerprint density at radius 3 is 2.12 bits per heavy atom. The summed E-state index contributed by atoms with van der Waals surface area (Å²) in [5, 5.41) is 0. The third kappa shape index (κ3) is 11.7. The van der Waals surface area contributed by atoms with Gasteiger partial charge < -0.3 is 18.9 Å². The molecular formula is C29H42O5. The van der Waals surface area contributed by atoms with E-state index in [0.717, 1.165) is 24.2 Å². The van der Waals surface area contributed by atoms with Crippen molar-refractivity contribution < 1.29 is 23.7 Å². The topological polar surface area (TPSA) is 54.0 Å². The molecule has 0 saturated carbocycles. The molecule has 0 aliphatic heterocycles. The molecule has 0 radical (unpaired) electrons. The van der Waals surface area contributed by atoms with Crippen LogP contribution in [0, 0.1) is 0 Å². The van der Waals surface area contributed by atoms with E-state index in [1.807, 2.05) is 24.3 Å². The molecule has 0 aliphatic rings. The molecule has 0 aliphatic carbocycles. The van der Waals surface area contributed by atoms with E-state index in [4.69, 9.17) is 18.9 Å². The molecule has 1 atom stereocenters. The molecule has 2 rings (SSSR count). The van der Waals surface area contributed by atoms with Crippen molar-refractivity contribution in [2.45, 2.75) is 91.3 Å². The fourth-order valence-corrected chi connectivity index (χ4v) is 3.49. The number of rotatable bonds is 18. The van der Waals surface area contributed by atoms with E-state index in [1.54, 1.807) is 24.3 Å². The average molecular weight is 471 g/mol. The Kier molecular flexibility index (Phi) is 14.0. The van der Waals surface area contributed by atoms with Gasteiger partial charge in [-0.05, 0) is 61.7 Å². The second-order valence-electron chi connectivity index (χ2n) is 8.76. The third-order valence-corrected chi connectivity index (χ3v) is 5.66. The number of esters is 1. The summed E-state index contributed by atoms with van der Waals surface area (Å²) in [6.45, 7) is 7.93. The molecule has 1 unspecified atom stereocenters. The van der Waals surface area contributed by atoms with Gasteiger partial charge in [-0.1, -0.05) is 70.9 Å². The summed E-state index contributed by atoms with van der Waals surface area (Å²) in [5.74, 6) is 0.883. The van der Waals surface area contributed by atoms with Crippen LogP contribution in [0.15, 0.2) is 48.5 Å². The highest BCUT2D eigenvalue weighted by atomic mass is 16.7. The van der Waals surface area contributed by atoms with Crippen LogP contribution in [-0.2, 0) is 16.1 Å². The van der Waals surface area contributed by atoms with Crippen molar-refractivity contribution in [1.29, 1.82) is 0 Å². The Morgan fingerprint density at radius 2 is 1.44 bits per heavy atom. The van der Waals surface area contributed by atoms with E-state index >= 15 is 0 Å². The molecule has 0 N–H and O–H groups in total. The van der Waals surface area contributed by atoms with Crippen LogP contribution in [0.4, 0.5) is 0 Å². The molecule has 0 amide bonds. The van der Waals surface area contributed by atoms with E-state index in [-0.39, 0.29) is 18.9 Å². The normalized spacial score (nSPS) is 11.9. The van der Waals surface area contributed by atoms with Gasteiger partial charge in [0.2, 0.25) is 0 Å². The van der Waals surface area contributed by atoms with Crippen LogP contribution < -0.4 is 9.47 Å². The standard InChI is InChI=1S/C29H42O5/c1-4-6-8-10-12-24(3)33-23-31-22-25-13-17-28(18-14-25)34-29(30)26-15-19-27(20-16-26)32-21-11-9-7-5-2/h13-20,24H,4-12,21-23H2,1-3H3. The van der Waals surface area contributed by atoms with Gasteiger partial charge in [0.15, 0.2) is 0 Å². The molecule has 5 nitrogen and oxygen atoms in total. The van der Waals surface area contributed by atoms with Crippen molar-refractivity contribution in [3.63, 3.8) is 0 Å². The molecule has 0 fully saturated rings. The third-order valence-electron chi connectivity index (χ3n) is 5.66. The van der Waals surface area contributed by atoms with Crippen molar-refractivity contribution in [2.24, 2.45) is 0 Å². The van der Waals surface area contributed by atoms with Gasteiger partial charge in [-0.15, -0.1) is 0 Å². The zero-order chi connectivity index (χ0) is 24.4. The molecule has 0 bridgehead atoms. The Hall–Kier alpha value is -2.37. The molecule has 5 heteroatoms. The van der Waals surface area contributed by atoms with E-state index in [0.29, 0.717) is 24.5 Å². The first-order chi connectivity index (χ1) is 16.6. The lowest BCUT2D eigenvalue weighted by Gasteiger charge is -2.13. The van der Waals surface area contributed by atoms with Crippen molar-refractivity contribution in [2.75, 3.05) is 13.4 Å². The zero-order valence-corrected chi connectivity index (χ0v) is 21.2. The predicted octanol–water partition coefficient (Wildman–Crippen LogP) is 7.71. The van der Waals surface area contributed by atoms with Crippen LogP contribution in [0.25, 0.3) is 0 Å². The minimum atomic E-state index is -0.389. The molecule has 34 heavy (non-hydrogen) atoms. The van der Waals surface area contributed by atoms with Crippen LogP contribution in [0.3, 0.4) is 0 Å². The number of hydrogen-bond donors (Lipinski definition) is 0. The Labute approximate surface area is 205 Å². The van der Waals surface area contributed by atoms with Crippen LogP contribution in [0.2, 0.25) is 0 Å². The van der Waals surface area contributed by atoms with Gasteiger partial charge in [0, 0.05) is 0 Å². The highest BCUT2D eigenvalue weighted by molar-refractivity contribution is 5.91. The molecule has 0 heterocycles. The number of hydrogen-bond acceptors (Lipinski definition) is 5. The lowest BCUT2D eigenvalue weighted by atomic mass is 10.1. The van der Waals surface area contributed by atoms with Crippen molar-refractivity contribution in [3.8, 4) is 11.5 Å². The van der Waals surface area contributed by atoms with Gasteiger partial charge in [-0.3, -0.25) is 0 Å². The number of carbonyl (C=O) groups is 1. The Morgan fingerprint density at radius 1 is 0.794 bits per heavy atom. The summed E-state index contributed by atoms with van der Waals surface area (Å²) in [5.41, 5.74) is 1.49. The first-order valence-corrected chi connectivity index (χ1v) is 12.9. The van der Waals surface area contributed by atoms with E-state index in [1.165, 1.54) is 44.9 Å². The van der Waals surface area contributed by atoms with Crippen LogP contribution in [0.5, 0.6) is 11.5 Å². The predicted molar refractivity (Wildman–Crippen MR) is 136 cm³/mol. The Balaban J connectivity index is 1.66. The number of unbranched alkanes of at least 4 members (excludes halogenated alkanes) is 6. The summed E-state index contributed by atoms with van der Waals surface area (Å²) >= 11 is 0. The molecule has 2 aromatic rings. The van der Waals surface area contributed by atoms with Gasteiger partial charge in [-0.2, -0.15) is 0 Å². The number of ether oxygens (including phenoxy) is 4. The zero-order valence-electron chi connectivity index (χ0n) is 21.2. The van der Waals surface area contributed by atoms with Gasteiger partial charge in [0.1, 0.15) is 18.3 Å². The Bertz CT molecular complexity index is 785. The summed E-state index contributed by atoms with van der Waals surface area (Å²) in [4.78, 5) is 12.4. The largest absolute Gasteiger partial charge is 0.494 e. The second-order valence-corrected chi connectivity index (χ2v) is 8.76. The fourth-order valence-electron chi connectivity index (χ4n) is 3.49. The summed E-state index contributed by atoms with van der Waals surface area (Å²) in [6, 6.07) is 14.4. The smallest absolute Gasteiger partial charge is 0.343 e. The summed E-state index contributed by atoms with van der Waals surface area (Å²) in [7, 11) is 0. The lowest BCUT2D eigenvalue weighted by Crippen LogP contribution is -2.11. The van der Waals surface area contributed by atoms with Crippen LogP contribution in [-0.4, -0.2) is 25.5 Å². The van der Waals surface area contributed by atoms with Crippen molar-refractivity contribution in [3.05, 3.63) is 59.7 Å². The van der Waals surface area contributed by atoms with Crippen molar-refractivity contribution in [1.82, 2.24) is 0 Å². The van der Waals surface area contributed by atoms with E-state index in [9.17, 15) is 4.79 Å². The monoisotopic (exact) mass is 470 g/mol. The van der Waals surface area contributed by atoms with Gasteiger partial charge in [-0.25, -0.2) is 4.79 Å². The SMILES string of the molecule is CCCCCCOc1ccc(C(=O)Oc2ccc(COCOC(C)CCCCCC)cc2)cc1. The van der Waals surface area contributed by atoms with Crippen LogP contribution >= 0.6 is 0 Å². The molecule has 188 valence electrons. The molecular weight excluding hydrogens is 428 g/mol. The number of carbonyl (C=O) groups excluding carboxylic acids is 1. The minimum absolute atomic E-state index is 0.213.